The van der Waals surface area contributed by atoms with Gasteiger partial charge in [-0.25, -0.2) is 4.39 Å². The average molecular weight is 230 g/mol. The van der Waals surface area contributed by atoms with Crippen molar-refractivity contribution in [2.75, 3.05) is 0 Å². The number of carbonyl (C=O) groups is 1. The second-order valence-corrected chi connectivity index (χ2v) is 3.76. The van der Waals surface area contributed by atoms with E-state index in [9.17, 15) is 9.18 Å². The standard InChI is InChI=1S/C13H11FN2O/c1-8-2-4-10(14)6-11(8)12-5-3-9(7-16-12)13(15)17/h2-7H,1H3,(H2,15,17). The summed E-state index contributed by atoms with van der Waals surface area (Å²) in [6.07, 6.45) is 1.39. The van der Waals surface area contributed by atoms with Crippen LogP contribution in [0.25, 0.3) is 11.3 Å². The van der Waals surface area contributed by atoms with Gasteiger partial charge in [0, 0.05) is 11.8 Å². The fourth-order valence-corrected chi connectivity index (χ4v) is 1.57. The third kappa shape index (κ3) is 2.30. The highest BCUT2D eigenvalue weighted by Gasteiger charge is 2.06. The molecule has 0 saturated carbocycles. The van der Waals surface area contributed by atoms with E-state index in [0.717, 1.165) is 5.56 Å². The predicted molar refractivity (Wildman–Crippen MR) is 62.9 cm³/mol. The molecule has 1 aromatic heterocycles. The van der Waals surface area contributed by atoms with Crippen LogP contribution in [0.4, 0.5) is 4.39 Å². The van der Waals surface area contributed by atoms with Gasteiger partial charge in [0.25, 0.3) is 0 Å². The maximum absolute atomic E-state index is 13.1. The van der Waals surface area contributed by atoms with Gasteiger partial charge in [-0.3, -0.25) is 9.78 Å². The number of halogens is 1. The first-order valence-electron chi connectivity index (χ1n) is 5.10. The molecule has 0 aliphatic carbocycles. The third-order valence-corrected chi connectivity index (χ3v) is 2.52. The predicted octanol–water partition coefficient (Wildman–Crippen LogP) is 2.30. The SMILES string of the molecule is Cc1ccc(F)cc1-c1ccc(C(N)=O)cn1. The van der Waals surface area contributed by atoms with E-state index >= 15 is 0 Å². The second-order valence-electron chi connectivity index (χ2n) is 3.76. The van der Waals surface area contributed by atoms with Crippen LogP contribution in [0.3, 0.4) is 0 Å². The number of hydrogen-bond donors (Lipinski definition) is 1. The van der Waals surface area contributed by atoms with Gasteiger partial charge >= 0.3 is 0 Å². The Labute approximate surface area is 98.1 Å². The Balaban J connectivity index is 2.46. The molecule has 0 radical (unpaired) electrons. The lowest BCUT2D eigenvalue weighted by Crippen LogP contribution is -2.11. The Morgan fingerprint density at radius 2 is 2.06 bits per heavy atom. The smallest absolute Gasteiger partial charge is 0.250 e. The number of pyridine rings is 1. The molecule has 17 heavy (non-hydrogen) atoms. The quantitative estimate of drug-likeness (QED) is 0.860. The fourth-order valence-electron chi connectivity index (χ4n) is 1.57. The summed E-state index contributed by atoms with van der Waals surface area (Å²) >= 11 is 0. The van der Waals surface area contributed by atoms with Crippen molar-refractivity contribution in [3.63, 3.8) is 0 Å². The van der Waals surface area contributed by atoms with Crippen LogP contribution in [0.1, 0.15) is 15.9 Å². The van der Waals surface area contributed by atoms with Crippen LogP contribution < -0.4 is 5.73 Å². The maximum atomic E-state index is 13.1. The van der Waals surface area contributed by atoms with Crippen LogP contribution in [0.2, 0.25) is 0 Å². The van der Waals surface area contributed by atoms with Crippen LogP contribution in [0.15, 0.2) is 36.5 Å². The van der Waals surface area contributed by atoms with Crippen LogP contribution in [0.5, 0.6) is 0 Å². The lowest BCUT2D eigenvalue weighted by molar-refractivity contribution is 0.1000. The Hall–Kier alpha value is -2.23. The van der Waals surface area contributed by atoms with Crippen molar-refractivity contribution in [3.8, 4) is 11.3 Å². The summed E-state index contributed by atoms with van der Waals surface area (Å²) in [5, 5.41) is 0. The summed E-state index contributed by atoms with van der Waals surface area (Å²) in [7, 11) is 0. The second kappa shape index (κ2) is 4.33. The summed E-state index contributed by atoms with van der Waals surface area (Å²) in [4.78, 5) is 15.0. The summed E-state index contributed by atoms with van der Waals surface area (Å²) in [6, 6.07) is 7.74. The van der Waals surface area contributed by atoms with Gasteiger partial charge in [-0.05, 0) is 36.8 Å². The van der Waals surface area contributed by atoms with Crippen LogP contribution >= 0.6 is 0 Å². The van der Waals surface area contributed by atoms with Gasteiger partial charge in [0.1, 0.15) is 5.82 Å². The number of rotatable bonds is 2. The number of benzene rings is 1. The molecule has 1 amide bonds. The Bertz CT molecular complexity index is 564. The van der Waals surface area contributed by atoms with Crippen LogP contribution in [-0.2, 0) is 0 Å². The van der Waals surface area contributed by atoms with Crippen molar-refractivity contribution in [2.24, 2.45) is 5.73 Å². The molecule has 2 aromatic rings. The van der Waals surface area contributed by atoms with E-state index in [1.807, 2.05) is 6.92 Å². The van der Waals surface area contributed by atoms with Gasteiger partial charge in [0.2, 0.25) is 5.91 Å². The number of amides is 1. The summed E-state index contributed by atoms with van der Waals surface area (Å²) in [5.74, 6) is -0.841. The van der Waals surface area contributed by atoms with Crippen LogP contribution in [0, 0.1) is 12.7 Å². The molecule has 2 rings (SSSR count). The highest BCUT2D eigenvalue weighted by molar-refractivity contribution is 5.92. The zero-order valence-electron chi connectivity index (χ0n) is 9.27. The first-order valence-corrected chi connectivity index (χ1v) is 5.10. The molecule has 1 aromatic carbocycles. The lowest BCUT2D eigenvalue weighted by atomic mass is 10.0. The van der Waals surface area contributed by atoms with E-state index in [4.69, 9.17) is 5.73 Å². The molecule has 86 valence electrons. The highest BCUT2D eigenvalue weighted by Crippen LogP contribution is 2.22. The number of hydrogen-bond acceptors (Lipinski definition) is 2. The molecule has 0 bridgehead atoms. The van der Waals surface area contributed by atoms with Crippen molar-refractivity contribution >= 4 is 5.91 Å². The maximum Gasteiger partial charge on any atom is 0.250 e. The van der Waals surface area contributed by atoms with Gasteiger partial charge in [-0.15, -0.1) is 0 Å². The van der Waals surface area contributed by atoms with Crippen molar-refractivity contribution < 1.29 is 9.18 Å². The first-order chi connectivity index (χ1) is 8.08. The van der Waals surface area contributed by atoms with E-state index in [1.54, 1.807) is 18.2 Å². The monoisotopic (exact) mass is 230 g/mol. The highest BCUT2D eigenvalue weighted by atomic mass is 19.1. The van der Waals surface area contributed by atoms with Crippen molar-refractivity contribution in [2.45, 2.75) is 6.92 Å². The molecule has 2 N–H and O–H groups in total. The minimum atomic E-state index is -0.528. The summed E-state index contributed by atoms with van der Waals surface area (Å²) in [5.41, 5.74) is 7.70. The zero-order chi connectivity index (χ0) is 12.4. The van der Waals surface area contributed by atoms with E-state index in [1.165, 1.54) is 18.3 Å². The molecule has 0 unspecified atom stereocenters. The minimum absolute atomic E-state index is 0.314. The fraction of sp³-hybridized carbons (Fsp3) is 0.0769. The molecular formula is C13H11FN2O. The molecular weight excluding hydrogens is 219 g/mol. The van der Waals surface area contributed by atoms with Gasteiger partial charge in [0.15, 0.2) is 0 Å². The van der Waals surface area contributed by atoms with Crippen molar-refractivity contribution in [1.82, 2.24) is 4.98 Å². The lowest BCUT2D eigenvalue weighted by Gasteiger charge is -2.05. The zero-order valence-corrected chi connectivity index (χ0v) is 9.27. The molecule has 0 fully saturated rings. The number of aryl methyl sites for hydroxylation is 1. The molecule has 0 saturated heterocycles. The first kappa shape index (κ1) is 11.3. The molecule has 0 atom stereocenters. The topological polar surface area (TPSA) is 56.0 Å². The number of primary amides is 1. The minimum Gasteiger partial charge on any atom is -0.366 e. The van der Waals surface area contributed by atoms with Crippen LogP contribution in [-0.4, -0.2) is 10.9 Å². The van der Waals surface area contributed by atoms with Crippen molar-refractivity contribution in [1.29, 1.82) is 0 Å². The van der Waals surface area contributed by atoms with E-state index < -0.39 is 5.91 Å². The van der Waals surface area contributed by atoms with E-state index in [-0.39, 0.29) is 5.82 Å². The number of nitrogens with two attached hydrogens (primary N) is 1. The Morgan fingerprint density at radius 3 is 2.65 bits per heavy atom. The largest absolute Gasteiger partial charge is 0.366 e. The molecule has 3 nitrogen and oxygen atoms in total. The third-order valence-electron chi connectivity index (χ3n) is 2.52. The molecule has 0 spiro atoms. The normalized spacial score (nSPS) is 10.2. The molecule has 0 aliphatic heterocycles. The molecule has 0 aliphatic rings. The molecule has 1 heterocycles. The summed E-state index contributed by atoms with van der Waals surface area (Å²) < 4.78 is 13.1. The Kier molecular flexibility index (Phi) is 2.87. The van der Waals surface area contributed by atoms with Gasteiger partial charge < -0.3 is 5.73 Å². The Morgan fingerprint density at radius 1 is 1.29 bits per heavy atom. The van der Waals surface area contributed by atoms with Gasteiger partial charge in [0.05, 0.1) is 11.3 Å². The van der Waals surface area contributed by atoms with E-state index in [2.05, 4.69) is 4.98 Å². The van der Waals surface area contributed by atoms with Gasteiger partial charge in [-0.1, -0.05) is 6.07 Å². The van der Waals surface area contributed by atoms with Crippen molar-refractivity contribution in [3.05, 3.63) is 53.5 Å². The number of nitrogens with zero attached hydrogens (tertiary/aromatic N) is 1. The number of aromatic nitrogens is 1. The average Bonchev–Trinajstić information content (AvgIpc) is 2.32. The van der Waals surface area contributed by atoms with Gasteiger partial charge in [-0.2, -0.15) is 0 Å². The molecule has 4 heteroatoms. The summed E-state index contributed by atoms with van der Waals surface area (Å²) in [6.45, 7) is 1.87. The van der Waals surface area contributed by atoms with E-state index in [0.29, 0.717) is 16.8 Å². The number of carbonyl (C=O) groups excluding carboxylic acids is 1.